The van der Waals surface area contributed by atoms with Crippen LogP contribution in [0.4, 0.5) is 5.13 Å². The van der Waals surface area contributed by atoms with Crippen molar-refractivity contribution in [3.63, 3.8) is 0 Å². The van der Waals surface area contributed by atoms with Gasteiger partial charge in [0.1, 0.15) is 5.71 Å². The quantitative estimate of drug-likeness (QED) is 0.560. The monoisotopic (exact) mass is 257 g/mol. The molecule has 0 aliphatic rings. The topological polar surface area (TPSA) is 66.0 Å². The Kier molecular flexibility index (Phi) is 2.77. The summed E-state index contributed by atoms with van der Waals surface area (Å²) in [6, 6.07) is 8.01. The predicted octanol–water partition coefficient (Wildman–Crippen LogP) is 2.86. The van der Waals surface area contributed by atoms with Gasteiger partial charge in [-0.05, 0) is 19.1 Å². The van der Waals surface area contributed by atoms with Crippen LogP contribution in [0.25, 0.3) is 10.2 Å². The maximum absolute atomic E-state index is 4.44. The van der Waals surface area contributed by atoms with Crippen molar-refractivity contribution in [2.45, 2.75) is 6.92 Å². The van der Waals surface area contributed by atoms with Gasteiger partial charge in [-0.3, -0.25) is 5.43 Å². The summed E-state index contributed by atoms with van der Waals surface area (Å²) >= 11 is 1.58. The van der Waals surface area contributed by atoms with Gasteiger partial charge in [0.2, 0.25) is 5.13 Å². The van der Waals surface area contributed by atoms with E-state index in [4.69, 9.17) is 0 Å². The number of aromatic amines is 1. The first-order chi connectivity index (χ1) is 8.83. The number of H-pyrrole nitrogens is 1. The molecule has 90 valence electrons. The molecule has 5 nitrogen and oxygen atoms in total. The second-order valence-corrected chi connectivity index (χ2v) is 4.76. The van der Waals surface area contributed by atoms with Crippen molar-refractivity contribution in [2.24, 2.45) is 5.10 Å². The van der Waals surface area contributed by atoms with E-state index in [9.17, 15) is 0 Å². The zero-order valence-corrected chi connectivity index (χ0v) is 10.5. The zero-order chi connectivity index (χ0) is 12.4. The van der Waals surface area contributed by atoms with E-state index in [-0.39, 0.29) is 0 Å². The van der Waals surface area contributed by atoms with E-state index >= 15 is 0 Å². The van der Waals surface area contributed by atoms with Crippen LogP contribution in [0.1, 0.15) is 12.7 Å². The third-order valence-electron chi connectivity index (χ3n) is 2.45. The number of fused-ring (bicyclic) bond motifs is 1. The van der Waals surface area contributed by atoms with E-state index in [1.54, 1.807) is 23.7 Å². The van der Waals surface area contributed by atoms with Gasteiger partial charge in [0.25, 0.3) is 0 Å². The van der Waals surface area contributed by atoms with Crippen molar-refractivity contribution < 1.29 is 0 Å². The van der Waals surface area contributed by atoms with Gasteiger partial charge in [-0.2, -0.15) is 5.10 Å². The lowest BCUT2D eigenvalue weighted by Gasteiger charge is -1.96. The molecule has 0 saturated carbocycles. The van der Waals surface area contributed by atoms with E-state index in [2.05, 4.69) is 25.5 Å². The highest BCUT2D eigenvalue weighted by atomic mass is 32.1. The summed E-state index contributed by atoms with van der Waals surface area (Å²) in [5.41, 5.74) is 4.73. The van der Waals surface area contributed by atoms with Crippen molar-refractivity contribution in [3.05, 3.63) is 42.5 Å². The largest absolute Gasteiger partial charge is 0.344 e. The second-order valence-electron chi connectivity index (χ2n) is 3.73. The number of nitrogens with zero attached hydrogens (tertiary/aromatic N) is 3. The van der Waals surface area contributed by atoms with Crippen LogP contribution >= 0.6 is 11.3 Å². The molecule has 0 spiro atoms. The summed E-state index contributed by atoms with van der Waals surface area (Å²) in [5, 5.41) is 5.03. The Bertz CT molecular complexity index is 650. The van der Waals surface area contributed by atoms with Crippen LogP contribution in [-0.2, 0) is 0 Å². The number of aromatic nitrogens is 3. The summed E-state index contributed by atoms with van der Waals surface area (Å²) < 4.78 is 1.14. The van der Waals surface area contributed by atoms with E-state index in [0.717, 1.165) is 26.9 Å². The van der Waals surface area contributed by atoms with Crippen molar-refractivity contribution in [3.8, 4) is 0 Å². The zero-order valence-electron chi connectivity index (χ0n) is 9.71. The molecule has 0 aliphatic carbocycles. The first kappa shape index (κ1) is 10.9. The molecule has 0 unspecified atom stereocenters. The number of thiazole rings is 1. The molecule has 2 aromatic heterocycles. The minimum Gasteiger partial charge on any atom is -0.344 e. The minimum atomic E-state index is 0.753. The van der Waals surface area contributed by atoms with Crippen LogP contribution in [-0.4, -0.2) is 20.7 Å². The molecule has 3 rings (SSSR count). The number of rotatable bonds is 3. The van der Waals surface area contributed by atoms with Crippen LogP contribution in [0.5, 0.6) is 0 Å². The van der Waals surface area contributed by atoms with Crippen LogP contribution < -0.4 is 5.43 Å². The average Bonchev–Trinajstić information content (AvgIpc) is 3.04. The van der Waals surface area contributed by atoms with Gasteiger partial charge >= 0.3 is 0 Å². The molecular weight excluding hydrogens is 246 g/mol. The number of benzene rings is 1. The summed E-state index contributed by atoms with van der Waals surface area (Å²) in [7, 11) is 0. The van der Waals surface area contributed by atoms with E-state index < -0.39 is 0 Å². The normalized spacial score (nSPS) is 11.9. The van der Waals surface area contributed by atoms with Crippen LogP contribution in [0, 0.1) is 0 Å². The fourth-order valence-electron chi connectivity index (χ4n) is 1.57. The smallest absolute Gasteiger partial charge is 0.204 e. The van der Waals surface area contributed by atoms with Gasteiger partial charge in [0.05, 0.1) is 10.2 Å². The lowest BCUT2D eigenvalue weighted by Crippen LogP contribution is -2.01. The van der Waals surface area contributed by atoms with Crippen molar-refractivity contribution >= 4 is 32.4 Å². The molecule has 1 aromatic carbocycles. The van der Waals surface area contributed by atoms with Crippen LogP contribution in [0.2, 0.25) is 0 Å². The Balaban J connectivity index is 1.82. The average molecular weight is 257 g/mol. The van der Waals surface area contributed by atoms with Crippen LogP contribution in [0.3, 0.4) is 0 Å². The van der Waals surface area contributed by atoms with E-state index in [1.807, 2.05) is 31.2 Å². The SMILES string of the molecule is C/C(=N\Nc1nc2ccccc2s1)c1ncc[nH]1. The first-order valence-electron chi connectivity index (χ1n) is 5.48. The maximum atomic E-state index is 4.44. The van der Waals surface area contributed by atoms with Crippen LogP contribution in [0.15, 0.2) is 41.8 Å². The Morgan fingerprint density at radius 2 is 2.28 bits per heavy atom. The molecule has 2 heterocycles. The lowest BCUT2D eigenvalue weighted by atomic mass is 10.3. The fourth-order valence-corrected chi connectivity index (χ4v) is 2.38. The highest BCUT2D eigenvalue weighted by molar-refractivity contribution is 7.22. The number of imidazole rings is 1. The number of para-hydroxylation sites is 1. The first-order valence-corrected chi connectivity index (χ1v) is 6.30. The summed E-state index contributed by atoms with van der Waals surface area (Å²) in [5.74, 6) is 0.753. The molecule has 6 heteroatoms. The molecule has 2 N–H and O–H groups in total. The highest BCUT2D eigenvalue weighted by Gasteiger charge is 2.03. The third-order valence-corrected chi connectivity index (χ3v) is 3.40. The molecule has 0 atom stereocenters. The van der Waals surface area contributed by atoms with Crippen molar-refractivity contribution in [2.75, 3.05) is 5.43 Å². The molecular formula is C12H11N5S. The number of hydrogen-bond acceptors (Lipinski definition) is 5. The van der Waals surface area contributed by atoms with Gasteiger partial charge in [-0.1, -0.05) is 23.5 Å². The molecule has 18 heavy (non-hydrogen) atoms. The molecule has 0 bridgehead atoms. The molecule has 0 fully saturated rings. The number of anilines is 1. The second kappa shape index (κ2) is 4.58. The molecule has 0 radical (unpaired) electrons. The summed E-state index contributed by atoms with van der Waals surface area (Å²) in [4.78, 5) is 11.6. The Labute approximate surface area is 108 Å². The maximum Gasteiger partial charge on any atom is 0.204 e. The Morgan fingerprint density at radius 3 is 3.06 bits per heavy atom. The molecule has 0 saturated heterocycles. The Morgan fingerprint density at radius 1 is 1.39 bits per heavy atom. The van der Waals surface area contributed by atoms with E-state index in [0.29, 0.717) is 0 Å². The Hall–Kier alpha value is -2.21. The summed E-state index contributed by atoms with van der Waals surface area (Å²) in [6.45, 7) is 1.89. The minimum absolute atomic E-state index is 0.753. The van der Waals surface area contributed by atoms with Gasteiger partial charge < -0.3 is 4.98 Å². The van der Waals surface area contributed by atoms with Gasteiger partial charge in [-0.25, -0.2) is 9.97 Å². The van der Waals surface area contributed by atoms with Gasteiger partial charge in [0, 0.05) is 12.4 Å². The lowest BCUT2D eigenvalue weighted by molar-refractivity contribution is 1.21. The van der Waals surface area contributed by atoms with Gasteiger partial charge in [-0.15, -0.1) is 0 Å². The van der Waals surface area contributed by atoms with Gasteiger partial charge in [0.15, 0.2) is 5.82 Å². The number of hydrazone groups is 1. The summed E-state index contributed by atoms with van der Waals surface area (Å²) in [6.07, 6.45) is 3.47. The van der Waals surface area contributed by atoms with Crippen molar-refractivity contribution in [1.82, 2.24) is 15.0 Å². The predicted molar refractivity (Wildman–Crippen MR) is 74.0 cm³/mol. The third kappa shape index (κ3) is 2.10. The molecule has 3 aromatic rings. The van der Waals surface area contributed by atoms with Crippen molar-refractivity contribution in [1.29, 1.82) is 0 Å². The highest BCUT2D eigenvalue weighted by Crippen LogP contribution is 2.25. The number of hydrogen-bond donors (Lipinski definition) is 2. The standard InChI is InChI=1S/C12H11N5S/c1-8(11-13-6-7-14-11)16-17-12-15-9-4-2-3-5-10(9)18-12/h2-7H,1H3,(H,13,14)(H,15,17)/b16-8+. The molecule has 0 aliphatic heterocycles. The van der Waals surface area contributed by atoms with E-state index in [1.165, 1.54) is 0 Å². The number of nitrogens with one attached hydrogen (secondary N) is 2. The fraction of sp³-hybridized carbons (Fsp3) is 0.0833. The molecule has 0 amide bonds.